The molecule has 0 aliphatic rings. The number of carbonyl (C=O) groups excluding carboxylic acids is 12. The molecule has 9 aromatic rings. The minimum absolute atomic E-state index is 0.00352. The highest BCUT2D eigenvalue weighted by molar-refractivity contribution is 6.07. The zero-order valence-corrected chi connectivity index (χ0v) is 59.0. The Balaban J connectivity index is 0.000000318. The highest BCUT2D eigenvalue weighted by Crippen LogP contribution is 2.25. The molecule has 0 bridgehead atoms. The van der Waals surface area contributed by atoms with E-state index in [1.54, 1.807) is 127 Å². The molecule has 2 heterocycles. The van der Waals surface area contributed by atoms with Gasteiger partial charge in [-0.3, -0.25) is 67.1 Å². The Morgan fingerprint density at radius 2 is 0.581 bits per heavy atom. The second-order valence-electron chi connectivity index (χ2n) is 23.8. The number of nitrogen functional groups attached to an aromatic ring is 5. The fourth-order valence-corrected chi connectivity index (χ4v) is 8.90. The van der Waals surface area contributed by atoms with Gasteiger partial charge in [0, 0.05) is 125 Å². The maximum atomic E-state index is 11.7. The van der Waals surface area contributed by atoms with Gasteiger partial charge in [-0.1, -0.05) is 72.8 Å². The molecule has 0 saturated heterocycles. The van der Waals surface area contributed by atoms with E-state index >= 15 is 0 Å². The first-order chi connectivity index (χ1) is 49.3. The quantitative estimate of drug-likeness (QED) is 0.0191. The van der Waals surface area contributed by atoms with Crippen LogP contribution in [0.2, 0.25) is 0 Å². The molecule has 7 aromatic carbocycles. The normalized spacial score (nSPS) is 11.7. The van der Waals surface area contributed by atoms with Crippen LogP contribution in [0.5, 0.6) is 11.5 Å². The van der Waals surface area contributed by atoms with E-state index in [4.69, 9.17) is 57.3 Å². The number of carbonyl (C=O) groups is 12. The molecule has 24 N–H and O–H groups in total. The number of Topliss-reactive ketones (excluding diaryl/α,β-unsaturated/α-hetero) is 12. The van der Waals surface area contributed by atoms with E-state index in [0.717, 1.165) is 0 Å². The smallest absolute Gasteiger partial charge is 0.190 e. The minimum atomic E-state index is -0.825. The Hall–Kier alpha value is -12.6. The van der Waals surface area contributed by atoms with Crippen LogP contribution in [0.25, 0.3) is 21.8 Å². The van der Waals surface area contributed by atoms with Crippen LogP contribution < -0.4 is 68.2 Å². The van der Waals surface area contributed by atoms with Crippen molar-refractivity contribution in [2.75, 3.05) is 28.7 Å². The van der Waals surface area contributed by atoms with E-state index in [9.17, 15) is 77.3 Å². The predicted octanol–water partition coefficient (Wildman–Crippen LogP) is 6.66. The lowest BCUT2D eigenvalue weighted by Gasteiger charge is -2.09. The van der Waals surface area contributed by atoms with Gasteiger partial charge in [0.15, 0.2) is 51.3 Å². The van der Waals surface area contributed by atoms with Crippen molar-refractivity contribution in [1.82, 2.24) is 9.97 Å². The standard InChI is InChI=1S/C11H14N2O3.4C11H14N2O2.C11H9NO3.C11H9NO2/c1-6(14)8(12)5-10(16)7-3-2-4-9(15)11(7)13;4*1-7(14)10(13)6-11(15)8-4-2-3-5-9(8)12;1-6(13)8-5-10(15)7-3-2-4-9(14)11(7)12-8;1-7(13)10-6-11(14)8-4-2-3-5-9(8)12-10/h2-4,8,15H,5,12-13H2,1H3;4*2-5,10H,6,12-13H2,1H3;2-5,14H,1H3,(H,12,15);2-6H,1H3,(H,12,14)/t;2*10-;;;;/m.10..../s1. The Labute approximate surface area is 603 Å². The Morgan fingerprint density at radius 3 is 0.905 bits per heavy atom. The SMILES string of the molecule is CC(=O)C(N)CC(=O)c1cccc(O)c1N.CC(=O)C(N)CC(=O)c1ccccc1N.CC(=O)C(N)CC(=O)c1ccccc1N.CC(=O)[C@@H](N)CC(=O)c1ccccc1N.CC(=O)[C@H](N)CC(=O)c1ccccc1N.CC(=O)c1cc(=O)c2cccc(O)c2[nH]1.CC(=O)c1cc(=O)c2ccccc2[nH]1. The van der Waals surface area contributed by atoms with Crippen LogP contribution in [0, 0.1) is 0 Å². The number of phenols is 2. The van der Waals surface area contributed by atoms with Crippen LogP contribution in [-0.4, -0.2) is 120 Å². The maximum absolute atomic E-state index is 11.7. The number of aromatic amines is 2. The molecular weight excluding hydrogens is 1350 g/mol. The third kappa shape index (κ3) is 27.7. The number of rotatable bonds is 22. The molecule has 0 saturated carbocycles. The Bertz CT molecular complexity index is 4500. The van der Waals surface area contributed by atoms with Gasteiger partial charge in [-0.2, -0.15) is 0 Å². The fourth-order valence-electron chi connectivity index (χ4n) is 8.90. The third-order valence-electron chi connectivity index (χ3n) is 15.4. The molecule has 5 atom stereocenters. The highest BCUT2D eigenvalue weighted by Gasteiger charge is 2.22. The summed E-state index contributed by atoms with van der Waals surface area (Å²) in [6, 6.07) is 41.9. The first-order valence-electron chi connectivity index (χ1n) is 32.2. The molecule has 552 valence electrons. The summed E-state index contributed by atoms with van der Waals surface area (Å²) in [5, 5.41) is 19.8. The van der Waals surface area contributed by atoms with Crippen LogP contribution in [0.15, 0.2) is 179 Å². The zero-order chi connectivity index (χ0) is 79.1. The van der Waals surface area contributed by atoms with Gasteiger partial charge in [-0.15, -0.1) is 0 Å². The van der Waals surface area contributed by atoms with Crippen molar-refractivity contribution < 1.29 is 67.7 Å². The molecule has 2 aromatic heterocycles. The van der Waals surface area contributed by atoms with Gasteiger partial charge in [0.25, 0.3) is 0 Å². The molecule has 28 nitrogen and oxygen atoms in total. The maximum Gasteiger partial charge on any atom is 0.190 e. The van der Waals surface area contributed by atoms with Crippen molar-refractivity contribution >= 4 is 120 Å². The van der Waals surface area contributed by atoms with Crippen LogP contribution in [0.4, 0.5) is 28.4 Å². The highest BCUT2D eigenvalue weighted by atomic mass is 16.3. The lowest BCUT2D eigenvalue weighted by molar-refractivity contribution is -0.118. The second-order valence-corrected chi connectivity index (χ2v) is 23.8. The monoisotopic (exact) mass is 1440 g/mol. The summed E-state index contributed by atoms with van der Waals surface area (Å²) in [4.78, 5) is 164. The Morgan fingerprint density at radius 1 is 0.324 bits per heavy atom. The number of ketones is 12. The molecule has 9 rings (SSSR count). The number of phenolic OH excluding ortho intramolecular Hbond substituents is 2. The van der Waals surface area contributed by atoms with Gasteiger partial charge < -0.3 is 77.5 Å². The number of benzene rings is 7. The molecule has 0 fully saturated rings. The number of H-pyrrole nitrogens is 2. The number of nitrogens with two attached hydrogens (primary N) is 10. The molecular formula is C77H88N12O16. The summed E-state index contributed by atoms with van der Waals surface area (Å²) in [5.74, 6) is -2.74. The van der Waals surface area contributed by atoms with E-state index in [-0.39, 0.29) is 141 Å². The number of aromatic nitrogens is 2. The van der Waals surface area contributed by atoms with Crippen molar-refractivity contribution in [3.05, 3.63) is 230 Å². The van der Waals surface area contributed by atoms with Crippen LogP contribution in [0.1, 0.15) is 153 Å². The van der Waals surface area contributed by atoms with Gasteiger partial charge in [0.2, 0.25) is 0 Å². The average Bonchev–Trinajstić information content (AvgIpc) is 0.806. The van der Waals surface area contributed by atoms with Gasteiger partial charge in [-0.05, 0) is 120 Å². The van der Waals surface area contributed by atoms with Crippen molar-refractivity contribution in [3.63, 3.8) is 0 Å². The lowest BCUT2D eigenvalue weighted by Crippen LogP contribution is -2.31. The number of hydrogen-bond donors (Lipinski definition) is 14. The van der Waals surface area contributed by atoms with Gasteiger partial charge >= 0.3 is 0 Å². The van der Waals surface area contributed by atoms with Crippen molar-refractivity contribution in [3.8, 4) is 11.5 Å². The third-order valence-corrected chi connectivity index (χ3v) is 15.4. The van der Waals surface area contributed by atoms with Crippen LogP contribution in [-0.2, 0) is 24.0 Å². The fraction of sp³-hybridized carbons (Fsp3) is 0.221. The van der Waals surface area contributed by atoms with Crippen molar-refractivity contribution in [2.24, 2.45) is 28.7 Å². The number of hydrogen-bond acceptors (Lipinski definition) is 26. The van der Waals surface area contributed by atoms with Gasteiger partial charge in [0.1, 0.15) is 40.4 Å². The molecule has 0 aliphatic carbocycles. The summed E-state index contributed by atoms with van der Waals surface area (Å²) in [6.45, 7) is 9.58. The molecule has 0 amide bonds. The lowest BCUT2D eigenvalue weighted by atomic mass is 10.0. The van der Waals surface area contributed by atoms with E-state index in [2.05, 4.69) is 9.97 Å². The Kier molecular flexibility index (Phi) is 34.6. The summed E-state index contributed by atoms with van der Waals surface area (Å²) in [6.07, 6.45) is -0.0941. The number of nitrogens with one attached hydrogen (secondary N) is 2. The van der Waals surface area contributed by atoms with E-state index in [1.807, 2.05) is 6.07 Å². The van der Waals surface area contributed by atoms with Crippen molar-refractivity contribution in [2.45, 2.75) is 111 Å². The van der Waals surface area contributed by atoms with E-state index in [1.165, 1.54) is 84.9 Å². The van der Waals surface area contributed by atoms with Gasteiger partial charge in [0.05, 0.1) is 52.8 Å². The topological polar surface area (TPSA) is 571 Å². The first-order valence-corrected chi connectivity index (χ1v) is 32.2. The number of aromatic hydroxyl groups is 2. The largest absolute Gasteiger partial charge is 0.506 e. The average molecular weight is 1440 g/mol. The number of fused-ring (bicyclic) bond motifs is 2. The summed E-state index contributed by atoms with van der Waals surface area (Å²) >= 11 is 0. The number of anilines is 5. The minimum Gasteiger partial charge on any atom is -0.506 e. The molecule has 105 heavy (non-hydrogen) atoms. The molecule has 3 unspecified atom stereocenters. The molecule has 0 spiro atoms. The summed E-state index contributed by atoms with van der Waals surface area (Å²) in [7, 11) is 0. The van der Waals surface area contributed by atoms with Crippen LogP contribution in [0.3, 0.4) is 0 Å². The van der Waals surface area contributed by atoms with E-state index in [0.29, 0.717) is 72.5 Å². The predicted molar refractivity (Wildman–Crippen MR) is 405 cm³/mol. The zero-order valence-electron chi connectivity index (χ0n) is 59.0. The van der Waals surface area contributed by atoms with E-state index < -0.39 is 30.2 Å². The number of para-hydroxylation sites is 7. The first kappa shape index (κ1) is 86.6. The van der Waals surface area contributed by atoms with Gasteiger partial charge in [-0.25, -0.2) is 0 Å². The second kappa shape index (κ2) is 42.0. The van der Waals surface area contributed by atoms with Crippen molar-refractivity contribution in [1.29, 1.82) is 0 Å². The van der Waals surface area contributed by atoms with Crippen LogP contribution >= 0.6 is 0 Å². The summed E-state index contributed by atoms with van der Waals surface area (Å²) in [5.41, 5.74) is 60.2. The molecule has 0 radical (unpaired) electrons. The molecule has 28 heteroatoms. The number of pyridine rings is 2. The molecule has 0 aliphatic heterocycles. The summed E-state index contributed by atoms with van der Waals surface area (Å²) < 4.78 is 0.